The lowest BCUT2D eigenvalue weighted by atomic mass is 10.2. The standard InChI is InChI=1S/C9H10BrIN2O5/c10-3-1-13(9(17)12-7(3)16)8-5(11)6(15)4(2-14)18-8/h1,4-6,8,14-15H,2H2,(H,12,16,17)/t4-,5?,6?,8-/m0/s1. The molecule has 2 heterocycles. The molecule has 0 radical (unpaired) electrons. The lowest BCUT2D eigenvalue weighted by molar-refractivity contribution is -0.0456. The van der Waals surface area contributed by atoms with Gasteiger partial charge in [0.25, 0.3) is 5.56 Å². The number of ether oxygens (including phenoxy) is 1. The van der Waals surface area contributed by atoms with Crippen molar-refractivity contribution >= 4 is 38.5 Å². The molecule has 0 spiro atoms. The van der Waals surface area contributed by atoms with Crippen molar-refractivity contribution in [2.45, 2.75) is 22.4 Å². The van der Waals surface area contributed by atoms with Gasteiger partial charge in [-0.05, 0) is 15.9 Å². The number of hydrogen-bond acceptors (Lipinski definition) is 5. The highest BCUT2D eigenvalue weighted by atomic mass is 127. The predicted octanol–water partition coefficient (Wildman–Crippen LogP) is -0.647. The maximum atomic E-state index is 11.7. The molecule has 0 amide bonds. The summed E-state index contributed by atoms with van der Waals surface area (Å²) in [6.45, 7) is -0.337. The van der Waals surface area contributed by atoms with Gasteiger partial charge in [-0.3, -0.25) is 14.3 Å². The average Bonchev–Trinajstić information content (AvgIpc) is 2.61. The van der Waals surface area contributed by atoms with Gasteiger partial charge in [0, 0.05) is 6.20 Å². The molecule has 0 saturated carbocycles. The fraction of sp³-hybridized carbons (Fsp3) is 0.556. The number of alkyl halides is 1. The van der Waals surface area contributed by atoms with E-state index in [1.54, 1.807) is 0 Å². The minimum absolute atomic E-state index is 0.191. The van der Waals surface area contributed by atoms with E-state index in [2.05, 4.69) is 20.9 Å². The first-order valence-corrected chi connectivity index (χ1v) is 7.09. The van der Waals surface area contributed by atoms with Gasteiger partial charge in [-0.1, -0.05) is 22.6 Å². The number of nitrogens with one attached hydrogen (secondary N) is 1. The monoisotopic (exact) mass is 432 g/mol. The molecule has 1 fully saturated rings. The van der Waals surface area contributed by atoms with E-state index in [1.807, 2.05) is 22.6 Å². The zero-order chi connectivity index (χ0) is 13.4. The Bertz CT molecular complexity index is 559. The van der Waals surface area contributed by atoms with E-state index in [4.69, 9.17) is 9.84 Å². The summed E-state index contributed by atoms with van der Waals surface area (Å²) in [5.41, 5.74) is -1.15. The molecule has 0 aromatic carbocycles. The number of aromatic amines is 1. The Morgan fingerprint density at radius 3 is 2.78 bits per heavy atom. The molecule has 2 unspecified atom stereocenters. The maximum Gasteiger partial charge on any atom is 0.330 e. The van der Waals surface area contributed by atoms with Crippen LogP contribution in [0.25, 0.3) is 0 Å². The largest absolute Gasteiger partial charge is 0.394 e. The molecule has 0 aliphatic carbocycles. The summed E-state index contributed by atoms with van der Waals surface area (Å²) < 4.78 is 6.38. The Morgan fingerprint density at radius 1 is 1.56 bits per heavy atom. The summed E-state index contributed by atoms with van der Waals surface area (Å²) in [5, 5.41) is 18.9. The van der Waals surface area contributed by atoms with Gasteiger partial charge >= 0.3 is 5.69 Å². The molecular formula is C9H10BrIN2O5. The van der Waals surface area contributed by atoms with Crippen molar-refractivity contribution in [3.8, 4) is 0 Å². The zero-order valence-electron chi connectivity index (χ0n) is 8.92. The summed E-state index contributed by atoms with van der Waals surface area (Å²) in [6, 6.07) is 0. The normalized spacial score (nSPS) is 31.8. The molecule has 7 nitrogen and oxygen atoms in total. The van der Waals surface area contributed by atoms with Crippen LogP contribution in [-0.4, -0.2) is 42.5 Å². The van der Waals surface area contributed by atoms with Crippen LogP contribution in [0.5, 0.6) is 0 Å². The van der Waals surface area contributed by atoms with Crippen molar-refractivity contribution in [3.63, 3.8) is 0 Å². The summed E-state index contributed by atoms with van der Waals surface area (Å²) in [6.07, 6.45) is -1.05. The Kier molecular flexibility index (Phi) is 4.26. The van der Waals surface area contributed by atoms with Crippen molar-refractivity contribution in [3.05, 3.63) is 31.5 Å². The summed E-state index contributed by atoms with van der Waals surface area (Å²) >= 11 is 4.97. The van der Waals surface area contributed by atoms with Crippen LogP contribution in [0.1, 0.15) is 6.23 Å². The molecule has 0 bridgehead atoms. The molecule has 1 aromatic rings. The Morgan fingerprint density at radius 2 is 2.22 bits per heavy atom. The van der Waals surface area contributed by atoms with Gasteiger partial charge in [-0.25, -0.2) is 4.79 Å². The molecule has 100 valence electrons. The lowest BCUT2D eigenvalue weighted by Crippen LogP contribution is -2.35. The molecule has 9 heteroatoms. The van der Waals surface area contributed by atoms with E-state index < -0.39 is 33.6 Å². The number of hydrogen-bond donors (Lipinski definition) is 3. The first kappa shape index (κ1) is 14.2. The van der Waals surface area contributed by atoms with Crippen molar-refractivity contribution in [1.82, 2.24) is 9.55 Å². The Hall–Kier alpha value is -0.230. The first-order valence-electron chi connectivity index (χ1n) is 5.05. The van der Waals surface area contributed by atoms with Crippen molar-refractivity contribution in [2.24, 2.45) is 0 Å². The first-order chi connectivity index (χ1) is 8.45. The second kappa shape index (κ2) is 5.41. The number of halogens is 2. The van der Waals surface area contributed by atoms with Crippen LogP contribution in [0.3, 0.4) is 0 Å². The Balaban J connectivity index is 2.42. The van der Waals surface area contributed by atoms with Gasteiger partial charge < -0.3 is 14.9 Å². The number of aliphatic hydroxyl groups excluding tert-OH is 2. The van der Waals surface area contributed by atoms with Crippen LogP contribution in [-0.2, 0) is 4.74 Å². The molecule has 1 aliphatic heterocycles. The predicted molar refractivity (Wildman–Crippen MR) is 73.8 cm³/mol. The number of aliphatic hydroxyl groups is 2. The fourth-order valence-corrected chi connectivity index (χ4v) is 3.03. The topological polar surface area (TPSA) is 105 Å². The third-order valence-electron chi connectivity index (χ3n) is 2.67. The molecule has 3 N–H and O–H groups in total. The highest BCUT2D eigenvalue weighted by molar-refractivity contribution is 14.1. The van der Waals surface area contributed by atoms with Crippen LogP contribution < -0.4 is 11.2 Å². The number of nitrogens with zero attached hydrogens (tertiary/aromatic N) is 1. The second-order valence-corrected chi connectivity index (χ2v) is 6.12. The van der Waals surface area contributed by atoms with E-state index in [9.17, 15) is 14.7 Å². The molecule has 18 heavy (non-hydrogen) atoms. The van der Waals surface area contributed by atoms with E-state index in [1.165, 1.54) is 10.8 Å². The number of H-pyrrole nitrogens is 1. The van der Waals surface area contributed by atoms with E-state index in [0.717, 1.165) is 0 Å². The summed E-state index contributed by atoms with van der Waals surface area (Å²) in [4.78, 5) is 25.0. The average molecular weight is 433 g/mol. The molecule has 1 aromatic heterocycles. The maximum absolute atomic E-state index is 11.7. The van der Waals surface area contributed by atoms with Crippen molar-refractivity contribution in [2.75, 3.05) is 6.61 Å². The van der Waals surface area contributed by atoms with E-state index in [0.29, 0.717) is 0 Å². The van der Waals surface area contributed by atoms with Crippen LogP contribution >= 0.6 is 38.5 Å². The zero-order valence-corrected chi connectivity index (χ0v) is 12.7. The van der Waals surface area contributed by atoms with Gasteiger partial charge in [0.1, 0.15) is 6.10 Å². The second-order valence-electron chi connectivity index (χ2n) is 3.83. The number of aromatic nitrogens is 2. The highest BCUT2D eigenvalue weighted by Gasteiger charge is 2.43. The summed E-state index contributed by atoms with van der Waals surface area (Å²) in [7, 11) is 0. The van der Waals surface area contributed by atoms with E-state index >= 15 is 0 Å². The quantitative estimate of drug-likeness (QED) is 0.425. The van der Waals surface area contributed by atoms with Crippen molar-refractivity contribution in [1.29, 1.82) is 0 Å². The summed E-state index contributed by atoms with van der Waals surface area (Å²) in [5.74, 6) is 0. The fourth-order valence-electron chi connectivity index (χ4n) is 1.73. The van der Waals surface area contributed by atoms with Gasteiger partial charge in [0.15, 0.2) is 6.23 Å². The van der Waals surface area contributed by atoms with Gasteiger partial charge in [0.05, 0.1) is 21.1 Å². The van der Waals surface area contributed by atoms with Gasteiger partial charge in [-0.15, -0.1) is 0 Å². The van der Waals surface area contributed by atoms with Crippen LogP contribution in [0.15, 0.2) is 20.3 Å². The van der Waals surface area contributed by atoms with Crippen molar-refractivity contribution < 1.29 is 14.9 Å². The smallest absolute Gasteiger partial charge is 0.330 e. The van der Waals surface area contributed by atoms with Crippen LogP contribution in [0, 0.1) is 0 Å². The molecular weight excluding hydrogens is 423 g/mol. The highest BCUT2D eigenvalue weighted by Crippen LogP contribution is 2.34. The SMILES string of the molecule is O=c1[nH]c(=O)n([C@H]2O[C@@H](CO)C(O)C2I)cc1Br. The van der Waals surface area contributed by atoms with Crippen LogP contribution in [0.4, 0.5) is 0 Å². The van der Waals surface area contributed by atoms with Gasteiger partial charge in [-0.2, -0.15) is 0 Å². The third kappa shape index (κ3) is 2.41. The van der Waals surface area contributed by atoms with E-state index in [-0.39, 0.29) is 11.1 Å². The van der Waals surface area contributed by atoms with Gasteiger partial charge in [0.2, 0.25) is 0 Å². The minimum atomic E-state index is -0.877. The molecule has 2 rings (SSSR count). The molecule has 1 aliphatic rings. The lowest BCUT2D eigenvalue weighted by Gasteiger charge is -2.16. The third-order valence-corrected chi connectivity index (χ3v) is 4.59. The minimum Gasteiger partial charge on any atom is -0.394 e. The number of rotatable bonds is 2. The van der Waals surface area contributed by atoms with Crippen LogP contribution in [0.2, 0.25) is 0 Å². The molecule has 1 saturated heterocycles. The molecule has 4 atom stereocenters. The Labute approximate surface area is 123 Å².